The maximum absolute atomic E-state index is 10.8. The van der Waals surface area contributed by atoms with E-state index in [0.717, 1.165) is 11.8 Å². The number of carbonyl (C=O) groups is 1. The second kappa shape index (κ2) is 4.50. The highest BCUT2D eigenvalue weighted by Crippen LogP contribution is 2.23. The second-order valence-electron chi connectivity index (χ2n) is 3.17. The summed E-state index contributed by atoms with van der Waals surface area (Å²) in [5, 5.41) is 16.8. The Morgan fingerprint density at radius 3 is 2.71 bits per heavy atom. The van der Waals surface area contributed by atoms with Gasteiger partial charge in [-0.2, -0.15) is 0 Å². The van der Waals surface area contributed by atoms with Crippen LogP contribution < -0.4 is 0 Å². The van der Waals surface area contributed by atoms with Gasteiger partial charge in [-0.05, 0) is 13.0 Å². The largest absolute Gasteiger partial charge is 0.477 e. The predicted molar refractivity (Wildman–Crippen MR) is 56.9 cm³/mol. The van der Waals surface area contributed by atoms with E-state index < -0.39 is 5.97 Å². The lowest BCUT2D eigenvalue weighted by molar-refractivity contribution is 0.0689. The van der Waals surface area contributed by atoms with Gasteiger partial charge >= 0.3 is 5.97 Å². The highest BCUT2D eigenvalue weighted by Gasteiger charge is 2.12. The zero-order chi connectivity index (χ0) is 12.4. The molecule has 2 rings (SSSR count). The van der Waals surface area contributed by atoms with Crippen LogP contribution in [0.1, 0.15) is 22.1 Å². The Labute approximate surface area is 100 Å². The average molecular weight is 252 g/mol. The van der Waals surface area contributed by atoms with Gasteiger partial charge in [0, 0.05) is 24.4 Å². The van der Waals surface area contributed by atoms with Gasteiger partial charge in [0.1, 0.15) is 0 Å². The van der Waals surface area contributed by atoms with Gasteiger partial charge in [-0.25, -0.2) is 14.8 Å². The van der Waals surface area contributed by atoms with Gasteiger partial charge in [0.2, 0.25) is 5.89 Å². The molecule has 2 aromatic rings. The zero-order valence-corrected chi connectivity index (χ0v) is 9.85. The summed E-state index contributed by atoms with van der Waals surface area (Å²) in [5.74, 6) is -0.669. The van der Waals surface area contributed by atoms with Gasteiger partial charge in [0.15, 0.2) is 10.9 Å². The van der Waals surface area contributed by atoms with E-state index in [9.17, 15) is 4.79 Å². The van der Waals surface area contributed by atoms with E-state index in [2.05, 4.69) is 20.2 Å². The van der Waals surface area contributed by atoms with Crippen LogP contribution >= 0.6 is 11.8 Å². The fourth-order valence-electron chi connectivity index (χ4n) is 1.09. The Bertz CT molecular complexity index is 569. The van der Waals surface area contributed by atoms with Crippen LogP contribution in [-0.4, -0.2) is 31.2 Å². The van der Waals surface area contributed by atoms with Crippen LogP contribution in [0.15, 0.2) is 20.9 Å². The van der Waals surface area contributed by atoms with Gasteiger partial charge in [-0.15, -0.1) is 10.2 Å². The first-order valence-electron chi connectivity index (χ1n) is 4.61. The second-order valence-corrected chi connectivity index (χ2v) is 4.09. The molecule has 0 aliphatic carbocycles. The quantitative estimate of drug-likeness (QED) is 0.816. The lowest BCUT2D eigenvalue weighted by atomic mass is 10.3. The van der Waals surface area contributed by atoms with Crippen molar-refractivity contribution in [2.75, 3.05) is 0 Å². The van der Waals surface area contributed by atoms with E-state index in [-0.39, 0.29) is 16.1 Å². The molecule has 2 aromatic heterocycles. The van der Waals surface area contributed by atoms with Crippen LogP contribution in [0.4, 0.5) is 0 Å². The first-order chi connectivity index (χ1) is 8.04. The molecule has 0 aliphatic heterocycles. The number of rotatable bonds is 3. The van der Waals surface area contributed by atoms with Gasteiger partial charge in [-0.3, -0.25) is 0 Å². The minimum Gasteiger partial charge on any atom is -0.477 e. The van der Waals surface area contributed by atoms with Gasteiger partial charge < -0.3 is 9.52 Å². The monoisotopic (exact) mass is 252 g/mol. The molecule has 0 aromatic carbocycles. The van der Waals surface area contributed by atoms with Crippen molar-refractivity contribution >= 4 is 17.7 Å². The van der Waals surface area contributed by atoms with Crippen LogP contribution in [0.3, 0.4) is 0 Å². The Kier molecular flexibility index (Phi) is 3.05. The smallest absolute Gasteiger partial charge is 0.354 e. The Balaban J connectivity index is 2.29. The molecule has 17 heavy (non-hydrogen) atoms. The number of hydrogen-bond acceptors (Lipinski definition) is 7. The van der Waals surface area contributed by atoms with E-state index in [1.165, 1.54) is 6.07 Å². The number of aromatic nitrogens is 4. The number of aryl methyl sites for hydroxylation is 2. The highest BCUT2D eigenvalue weighted by molar-refractivity contribution is 7.98. The fraction of sp³-hybridized carbons (Fsp3) is 0.222. The number of carboxylic acids is 1. The topological polar surface area (TPSA) is 102 Å². The van der Waals surface area contributed by atoms with Gasteiger partial charge in [0.25, 0.3) is 5.22 Å². The first-order valence-corrected chi connectivity index (χ1v) is 5.43. The SMILES string of the molecule is Cc1cc(C(=O)O)nc(Sc2nnc(C)o2)n1. The van der Waals surface area contributed by atoms with E-state index in [4.69, 9.17) is 9.52 Å². The summed E-state index contributed by atoms with van der Waals surface area (Å²) < 4.78 is 5.14. The van der Waals surface area contributed by atoms with Crippen LogP contribution in [0.25, 0.3) is 0 Å². The summed E-state index contributed by atoms with van der Waals surface area (Å²) in [6, 6.07) is 1.39. The summed E-state index contributed by atoms with van der Waals surface area (Å²) in [6.45, 7) is 3.36. The molecular formula is C9H8N4O3S. The molecule has 0 radical (unpaired) electrons. The maximum atomic E-state index is 10.8. The van der Waals surface area contributed by atoms with Gasteiger partial charge in [0.05, 0.1) is 0 Å². The lowest BCUT2D eigenvalue weighted by Gasteiger charge is -1.99. The zero-order valence-electron chi connectivity index (χ0n) is 9.04. The molecule has 7 nitrogen and oxygen atoms in total. The molecule has 0 atom stereocenters. The molecule has 0 saturated heterocycles. The van der Waals surface area contributed by atoms with Crippen molar-refractivity contribution in [3.63, 3.8) is 0 Å². The van der Waals surface area contributed by atoms with Crippen molar-refractivity contribution in [1.29, 1.82) is 0 Å². The third-order valence-corrected chi connectivity index (χ3v) is 2.44. The van der Waals surface area contributed by atoms with Crippen molar-refractivity contribution in [2.45, 2.75) is 24.2 Å². The molecule has 0 bridgehead atoms. The Morgan fingerprint density at radius 2 is 2.12 bits per heavy atom. The van der Waals surface area contributed by atoms with Crippen molar-refractivity contribution in [3.05, 3.63) is 23.3 Å². The van der Waals surface area contributed by atoms with Crippen LogP contribution in [0.2, 0.25) is 0 Å². The van der Waals surface area contributed by atoms with Crippen molar-refractivity contribution < 1.29 is 14.3 Å². The molecule has 1 N–H and O–H groups in total. The molecule has 0 fully saturated rings. The minimum atomic E-state index is -1.10. The van der Waals surface area contributed by atoms with Gasteiger partial charge in [-0.1, -0.05) is 0 Å². The van der Waals surface area contributed by atoms with E-state index in [0.29, 0.717) is 11.6 Å². The Hall–Kier alpha value is -1.96. The summed E-state index contributed by atoms with van der Waals surface area (Å²) in [6.07, 6.45) is 0. The number of hydrogen-bond donors (Lipinski definition) is 1. The molecule has 0 aliphatic rings. The normalized spacial score (nSPS) is 10.5. The third-order valence-electron chi connectivity index (χ3n) is 1.74. The molecule has 0 saturated carbocycles. The predicted octanol–water partition coefficient (Wildman–Crippen LogP) is 1.33. The highest BCUT2D eigenvalue weighted by atomic mass is 32.2. The van der Waals surface area contributed by atoms with Crippen molar-refractivity contribution in [3.8, 4) is 0 Å². The molecule has 2 heterocycles. The molecule has 0 amide bonds. The van der Waals surface area contributed by atoms with Crippen LogP contribution in [-0.2, 0) is 0 Å². The van der Waals surface area contributed by atoms with E-state index in [1.807, 2.05) is 0 Å². The molecule has 88 valence electrons. The maximum Gasteiger partial charge on any atom is 0.354 e. The summed E-state index contributed by atoms with van der Waals surface area (Å²) >= 11 is 1.03. The van der Waals surface area contributed by atoms with Crippen molar-refractivity contribution in [1.82, 2.24) is 20.2 Å². The van der Waals surface area contributed by atoms with E-state index >= 15 is 0 Å². The standard InChI is InChI=1S/C9H8N4O3S/c1-4-3-6(7(14)15)11-8(10-4)17-9-13-12-5(2)16-9/h3H,1-2H3,(H,14,15). The number of carboxylic acid groups (broad SMARTS) is 1. The third kappa shape index (κ3) is 2.78. The molecule has 0 spiro atoms. The number of aromatic carboxylic acids is 1. The molecular weight excluding hydrogens is 244 g/mol. The van der Waals surface area contributed by atoms with Crippen LogP contribution in [0.5, 0.6) is 0 Å². The minimum absolute atomic E-state index is 0.0590. The molecule has 8 heteroatoms. The fourth-order valence-corrected chi connectivity index (χ4v) is 1.83. The van der Waals surface area contributed by atoms with E-state index in [1.54, 1.807) is 13.8 Å². The first kappa shape index (κ1) is 11.5. The lowest BCUT2D eigenvalue weighted by Crippen LogP contribution is -2.03. The summed E-state index contributed by atoms with van der Waals surface area (Å²) in [7, 11) is 0. The molecule has 0 unspecified atom stereocenters. The summed E-state index contributed by atoms with van der Waals surface area (Å²) in [4.78, 5) is 18.8. The summed E-state index contributed by atoms with van der Waals surface area (Å²) in [5.41, 5.74) is 0.507. The van der Waals surface area contributed by atoms with Crippen molar-refractivity contribution in [2.24, 2.45) is 0 Å². The van der Waals surface area contributed by atoms with Crippen LogP contribution in [0, 0.1) is 13.8 Å². The number of nitrogens with zero attached hydrogens (tertiary/aromatic N) is 4. The average Bonchev–Trinajstić information content (AvgIpc) is 2.63. The Morgan fingerprint density at radius 1 is 1.35 bits per heavy atom.